The predicted molar refractivity (Wildman–Crippen MR) is 104 cm³/mol. The lowest BCUT2D eigenvalue weighted by Gasteiger charge is -2.17. The van der Waals surface area contributed by atoms with Crippen LogP contribution in [0.4, 0.5) is 11.4 Å². The molecule has 1 unspecified atom stereocenters. The molecule has 24 heavy (non-hydrogen) atoms. The fourth-order valence-electron chi connectivity index (χ4n) is 2.48. The number of fused-ring (bicyclic) bond motifs is 1. The lowest BCUT2D eigenvalue weighted by atomic mass is 10.0. The van der Waals surface area contributed by atoms with E-state index in [1.54, 1.807) is 17.5 Å². The van der Waals surface area contributed by atoms with Gasteiger partial charge in [-0.2, -0.15) is 0 Å². The van der Waals surface area contributed by atoms with Crippen LogP contribution in [-0.2, 0) is 21.2 Å². The average Bonchev–Trinajstić information content (AvgIpc) is 2.99. The molecule has 1 aliphatic rings. The number of thiophene rings is 1. The number of hydrogen-bond donors (Lipinski definition) is 2. The lowest BCUT2D eigenvalue weighted by Crippen LogP contribution is -2.17. The molecule has 0 fully saturated rings. The minimum Gasteiger partial charge on any atom is -0.467 e. The monoisotopic (exact) mass is 446 g/mol. The Kier molecular flexibility index (Phi) is 4.87. The van der Waals surface area contributed by atoms with Gasteiger partial charge in [0.25, 0.3) is 15.2 Å². The van der Waals surface area contributed by atoms with Crippen LogP contribution in [0.5, 0.6) is 0 Å². The van der Waals surface area contributed by atoms with E-state index in [1.807, 2.05) is 19.9 Å². The molecule has 0 aliphatic carbocycles. The Hall–Kier alpha value is -1.16. The molecule has 0 bridgehead atoms. The van der Waals surface area contributed by atoms with Crippen molar-refractivity contribution in [3.8, 4) is 0 Å². The van der Waals surface area contributed by atoms with Crippen molar-refractivity contribution in [2.75, 3.05) is 10.0 Å². The summed E-state index contributed by atoms with van der Waals surface area (Å²) in [6.45, 7) is 3.77. The molecule has 1 atom stereocenters. The fraction of sp³-hybridized carbons (Fsp3) is 0.267. The van der Waals surface area contributed by atoms with E-state index in [9.17, 15) is 8.42 Å². The third-order valence-electron chi connectivity index (χ3n) is 3.64. The van der Waals surface area contributed by atoms with Crippen LogP contribution in [0.15, 0.2) is 32.3 Å². The zero-order chi connectivity index (χ0) is 17.5. The fourth-order valence-corrected chi connectivity index (χ4v) is 5.42. The highest BCUT2D eigenvalue weighted by Crippen LogP contribution is 2.38. The van der Waals surface area contributed by atoms with Crippen LogP contribution in [0.1, 0.15) is 18.1 Å². The van der Waals surface area contributed by atoms with Gasteiger partial charge in [0, 0.05) is 10.9 Å². The van der Waals surface area contributed by atoms with Gasteiger partial charge in [0.1, 0.15) is 10.3 Å². The topological polar surface area (TPSA) is 67.4 Å². The highest BCUT2D eigenvalue weighted by Gasteiger charge is 2.24. The molecule has 128 valence electrons. The number of anilines is 2. The van der Waals surface area contributed by atoms with Gasteiger partial charge in [0.15, 0.2) is 0 Å². The quantitative estimate of drug-likeness (QED) is 0.688. The van der Waals surface area contributed by atoms with E-state index in [-0.39, 0.29) is 10.3 Å². The molecule has 0 saturated carbocycles. The summed E-state index contributed by atoms with van der Waals surface area (Å²) in [5.41, 5.74) is 3.07. The predicted octanol–water partition coefficient (Wildman–Crippen LogP) is 4.28. The number of benzene rings is 1. The molecule has 2 heterocycles. The van der Waals surface area contributed by atoms with Gasteiger partial charge in [-0.25, -0.2) is 8.42 Å². The summed E-state index contributed by atoms with van der Waals surface area (Å²) in [6.07, 6.45) is 0.525. The molecule has 1 aromatic carbocycles. The average molecular weight is 447 g/mol. The minimum atomic E-state index is -3.60. The Bertz CT molecular complexity index is 895. The summed E-state index contributed by atoms with van der Waals surface area (Å²) in [5.74, 6) is 0. The highest BCUT2D eigenvalue weighted by atomic mass is 79.9. The third kappa shape index (κ3) is 3.44. The van der Waals surface area contributed by atoms with Crippen molar-refractivity contribution >= 4 is 66.1 Å². The van der Waals surface area contributed by atoms with Crippen molar-refractivity contribution in [2.45, 2.75) is 30.6 Å². The van der Waals surface area contributed by atoms with Crippen LogP contribution in [0.2, 0.25) is 0 Å². The van der Waals surface area contributed by atoms with Gasteiger partial charge >= 0.3 is 0 Å². The maximum Gasteiger partial charge on any atom is 0.271 e. The van der Waals surface area contributed by atoms with Crippen LogP contribution >= 0.6 is 39.5 Å². The first-order valence-electron chi connectivity index (χ1n) is 7.14. The molecule has 1 aliphatic heterocycles. The van der Waals surface area contributed by atoms with Crippen LogP contribution < -0.4 is 10.0 Å². The molecule has 0 radical (unpaired) electrons. The molecule has 2 aromatic rings. The summed E-state index contributed by atoms with van der Waals surface area (Å²) in [7, 11) is -3.60. The van der Waals surface area contributed by atoms with Gasteiger partial charge in [0.2, 0.25) is 0 Å². The summed E-state index contributed by atoms with van der Waals surface area (Å²) < 4.78 is 34.3. The number of thiocarbonyl (C=S) groups is 1. The van der Waals surface area contributed by atoms with Gasteiger partial charge in [-0.05, 0) is 70.6 Å². The molecular weight excluding hydrogens is 432 g/mol. The Balaban J connectivity index is 2.05. The molecule has 0 amide bonds. The van der Waals surface area contributed by atoms with Crippen LogP contribution in [-0.4, -0.2) is 19.7 Å². The minimum absolute atomic E-state index is 0.0948. The van der Waals surface area contributed by atoms with Crippen LogP contribution in [0.25, 0.3) is 0 Å². The SMILES string of the molecule is Cc1c(NS(=O)(=O)c2cccs2)cc2c(c1Br)NC(=S)OC(C)C2. The molecule has 9 heteroatoms. The van der Waals surface area contributed by atoms with E-state index < -0.39 is 10.0 Å². The van der Waals surface area contributed by atoms with E-state index in [0.29, 0.717) is 17.3 Å². The molecule has 3 rings (SSSR count). The second kappa shape index (κ2) is 6.62. The third-order valence-corrected chi connectivity index (χ3v) is 7.59. The smallest absolute Gasteiger partial charge is 0.271 e. The van der Waals surface area contributed by atoms with Crippen molar-refractivity contribution in [2.24, 2.45) is 0 Å². The zero-order valence-electron chi connectivity index (χ0n) is 12.9. The number of ether oxygens (including phenoxy) is 1. The normalized spacial score (nSPS) is 17.5. The number of hydrogen-bond acceptors (Lipinski definition) is 5. The van der Waals surface area contributed by atoms with Crippen molar-refractivity contribution in [3.05, 3.63) is 39.2 Å². The molecule has 1 aromatic heterocycles. The zero-order valence-corrected chi connectivity index (χ0v) is 17.0. The van der Waals surface area contributed by atoms with Crippen molar-refractivity contribution in [1.82, 2.24) is 0 Å². The summed E-state index contributed by atoms with van der Waals surface area (Å²) in [4.78, 5) is 0. The van der Waals surface area contributed by atoms with E-state index in [1.165, 1.54) is 11.3 Å². The van der Waals surface area contributed by atoms with E-state index in [0.717, 1.165) is 21.3 Å². The van der Waals surface area contributed by atoms with Crippen LogP contribution in [0, 0.1) is 6.92 Å². The first-order chi connectivity index (χ1) is 11.3. The molecule has 5 nitrogen and oxygen atoms in total. The molecule has 2 N–H and O–H groups in total. The van der Waals surface area contributed by atoms with Crippen molar-refractivity contribution in [3.63, 3.8) is 0 Å². The van der Waals surface area contributed by atoms with Gasteiger partial charge in [-0.3, -0.25) is 4.72 Å². The van der Waals surface area contributed by atoms with E-state index >= 15 is 0 Å². The molecule has 0 spiro atoms. The summed E-state index contributed by atoms with van der Waals surface area (Å²) >= 11 is 9.88. The number of sulfonamides is 1. The molecule has 0 saturated heterocycles. The largest absolute Gasteiger partial charge is 0.467 e. The van der Waals surface area contributed by atoms with Gasteiger partial charge in [-0.1, -0.05) is 6.07 Å². The highest BCUT2D eigenvalue weighted by molar-refractivity contribution is 9.10. The number of rotatable bonds is 3. The maximum atomic E-state index is 12.5. The Morgan fingerprint density at radius 2 is 2.25 bits per heavy atom. The van der Waals surface area contributed by atoms with E-state index in [4.69, 9.17) is 17.0 Å². The lowest BCUT2D eigenvalue weighted by molar-refractivity contribution is 0.217. The van der Waals surface area contributed by atoms with Crippen molar-refractivity contribution < 1.29 is 13.2 Å². The Labute approximate surface area is 158 Å². The van der Waals surface area contributed by atoms with Crippen LogP contribution in [0.3, 0.4) is 0 Å². The van der Waals surface area contributed by atoms with Crippen molar-refractivity contribution in [1.29, 1.82) is 0 Å². The first-order valence-corrected chi connectivity index (χ1v) is 10.7. The Morgan fingerprint density at radius 3 is 2.92 bits per heavy atom. The summed E-state index contributed by atoms with van der Waals surface area (Å²) in [5, 5.41) is 5.11. The van der Waals surface area contributed by atoms with E-state index in [2.05, 4.69) is 26.0 Å². The summed E-state index contributed by atoms with van der Waals surface area (Å²) in [6, 6.07) is 5.13. The van der Waals surface area contributed by atoms with Gasteiger partial charge < -0.3 is 10.1 Å². The van der Waals surface area contributed by atoms with Gasteiger partial charge in [-0.15, -0.1) is 11.3 Å². The number of halogens is 1. The standard InChI is InChI=1S/C15H15BrN2O3S3/c1-8-6-10-7-11(18-24(19,20)12-4-3-5-23-12)9(2)13(16)14(10)17-15(22)21-8/h3-5,7-8,18H,6H2,1-2H3,(H,17,22). The maximum absolute atomic E-state index is 12.5. The number of nitrogens with one attached hydrogen (secondary N) is 2. The molecular formula is C15H15BrN2O3S3. The Morgan fingerprint density at radius 1 is 1.50 bits per heavy atom. The first kappa shape index (κ1) is 17.7. The second-order valence-electron chi connectivity index (χ2n) is 5.48. The van der Waals surface area contributed by atoms with Gasteiger partial charge in [0.05, 0.1) is 11.4 Å². The second-order valence-corrected chi connectivity index (χ2v) is 9.50.